The van der Waals surface area contributed by atoms with Crippen LogP contribution in [0.1, 0.15) is 19.8 Å². The van der Waals surface area contributed by atoms with Crippen molar-refractivity contribution in [1.29, 1.82) is 0 Å². The van der Waals surface area contributed by atoms with Gasteiger partial charge in [-0.05, 0) is 19.8 Å². The number of carbonyl (C=O) groups excluding carboxylic acids is 1. The Morgan fingerprint density at radius 1 is 1.80 bits per heavy atom. The van der Waals surface area contributed by atoms with Gasteiger partial charge in [0.05, 0.1) is 0 Å². The van der Waals surface area contributed by atoms with Crippen LogP contribution >= 0.6 is 0 Å². The van der Waals surface area contributed by atoms with Crippen molar-refractivity contribution in [3.63, 3.8) is 0 Å². The predicted octanol–water partition coefficient (Wildman–Crippen LogP) is -0.184. The molecule has 0 heterocycles. The van der Waals surface area contributed by atoms with Crippen LogP contribution in [0, 0.1) is 0 Å². The van der Waals surface area contributed by atoms with Crippen molar-refractivity contribution in [3.05, 3.63) is 0 Å². The predicted molar refractivity (Wildman–Crippen MR) is 38.5 cm³/mol. The molecule has 0 saturated carbocycles. The van der Waals surface area contributed by atoms with E-state index in [4.69, 9.17) is 10.8 Å². The van der Waals surface area contributed by atoms with Crippen molar-refractivity contribution >= 4 is 6.03 Å². The van der Waals surface area contributed by atoms with Crippen LogP contribution in [0.5, 0.6) is 0 Å². The van der Waals surface area contributed by atoms with Crippen molar-refractivity contribution < 1.29 is 9.90 Å². The monoisotopic (exact) mass is 146 g/mol. The summed E-state index contributed by atoms with van der Waals surface area (Å²) in [6.07, 6.45) is 1.46. The van der Waals surface area contributed by atoms with Gasteiger partial charge in [-0.2, -0.15) is 0 Å². The van der Waals surface area contributed by atoms with E-state index < -0.39 is 6.03 Å². The highest BCUT2D eigenvalue weighted by Crippen LogP contribution is 1.93. The zero-order valence-corrected chi connectivity index (χ0v) is 6.13. The van der Waals surface area contributed by atoms with Crippen molar-refractivity contribution in [2.45, 2.75) is 25.8 Å². The van der Waals surface area contributed by atoms with Gasteiger partial charge in [0, 0.05) is 12.6 Å². The molecule has 1 atom stereocenters. The summed E-state index contributed by atoms with van der Waals surface area (Å²) in [6.45, 7) is 2.01. The molecule has 0 bridgehead atoms. The second-order valence-corrected chi connectivity index (χ2v) is 2.28. The molecular formula is C6H14N2O2. The lowest BCUT2D eigenvalue weighted by Crippen LogP contribution is -2.36. The largest absolute Gasteiger partial charge is 0.396 e. The van der Waals surface area contributed by atoms with Crippen molar-refractivity contribution in [3.8, 4) is 0 Å². The molecule has 0 aromatic rings. The SMILES string of the molecule is CC(CCCO)NC(N)=O. The van der Waals surface area contributed by atoms with Gasteiger partial charge in [0.2, 0.25) is 0 Å². The standard InChI is InChI=1S/C6H14N2O2/c1-5(3-2-4-9)8-6(7)10/h5,9H,2-4H2,1H3,(H3,7,8,10). The van der Waals surface area contributed by atoms with Gasteiger partial charge >= 0.3 is 6.03 Å². The van der Waals surface area contributed by atoms with E-state index >= 15 is 0 Å². The van der Waals surface area contributed by atoms with Crippen LogP contribution in [-0.4, -0.2) is 23.8 Å². The van der Waals surface area contributed by atoms with Crippen LogP contribution in [-0.2, 0) is 0 Å². The van der Waals surface area contributed by atoms with E-state index in [2.05, 4.69) is 5.32 Å². The number of hydrogen-bond donors (Lipinski definition) is 3. The molecule has 0 aliphatic rings. The number of urea groups is 1. The molecule has 4 heteroatoms. The Morgan fingerprint density at radius 2 is 2.40 bits per heavy atom. The number of aliphatic hydroxyl groups is 1. The molecule has 60 valence electrons. The quantitative estimate of drug-likeness (QED) is 0.514. The summed E-state index contributed by atoms with van der Waals surface area (Å²) in [5.41, 5.74) is 4.85. The first kappa shape index (κ1) is 9.23. The third-order valence-corrected chi connectivity index (χ3v) is 1.18. The second-order valence-electron chi connectivity index (χ2n) is 2.28. The average Bonchev–Trinajstić information content (AvgIpc) is 1.82. The van der Waals surface area contributed by atoms with E-state index in [1.807, 2.05) is 6.92 Å². The number of hydrogen-bond acceptors (Lipinski definition) is 2. The fourth-order valence-corrected chi connectivity index (χ4v) is 0.712. The molecule has 0 aliphatic heterocycles. The number of aliphatic hydroxyl groups excluding tert-OH is 1. The summed E-state index contributed by atoms with van der Waals surface area (Å²) in [7, 11) is 0. The van der Waals surface area contributed by atoms with Gasteiger partial charge in [0.1, 0.15) is 0 Å². The molecule has 0 aliphatic carbocycles. The van der Waals surface area contributed by atoms with E-state index in [9.17, 15) is 4.79 Å². The number of amides is 2. The summed E-state index contributed by atoms with van der Waals surface area (Å²) in [5.74, 6) is 0. The normalized spacial score (nSPS) is 12.6. The first-order valence-electron chi connectivity index (χ1n) is 3.33. The topological polar surface area (TPSA) is 75.3 Å². The molecule has 1 unspecified atom stereocenters. The maximum absolute atomic E-state index is 10.2. The van der Waals surface area contributed by atoms with Crippen molar-refractivity contribution in [2.24, 2.45) is 5.73 Å². The smallest absolute Gasteiger partial charge is 0.312 e. The Bertz CT molecular complexity index is 106. The molecule has 0 saturated heterocycles. The lowest BCUT2D eigenvalue weighted by atomic mass is 10.2. The van der Waals surface area contributed by atoms with Gasteiger partial charge in [-0.3, -0.25) is 0 Å². The first-order valence-corrected chi connectivity index (χ1v) is 3.33. The summed E-state index contributed by atoms with van der Waals surface area (Å²) < 4.78 is 0. The summed E-state index contributed by atoms with van der Waals surface area (Å²) in [4.78, 5) is 10.2. The van der Waals surface area contributed by atoms with Crippen LogP contribution in [0.15, 0.2) is 0 Å². The van der Waals surface area contributed by atoms with E-state index in [-0.39, 0.29) is 12.6 Å². The van der Waals surface area contributed by atoms with E-state index in [1.165, 1.54) is 0 Å². The fraction of sp³-hybridized carbons (Fsp3) is 0.833. The highest BCUT2D eigenvalue weighted by atomic mass is 16.2. The third kappa shape index (κ3) is 5.37. The number of primary amides is 1. The molecule has 0 spiro atoms. The molecule has 0 fully saturated rings. The zero-order chi connectivity index (χ0) is 7.98. The van der Waals surface area contributed by atoms with Crippen molar-refractivity contribution in [1.82, 2.24) is 5.32 Å². The lowest BCUT2D eigenvalue weighted by Gasteiger charge is -2.09. The van der Waals surface area contributed by atoms with Gasteiger partial charge in [-0.1, -0.05) is 0 Å². The van der Waals surface area contributed by atoms with Gasteiger partial charge in [-0.15, -0.1) is 0 Å². The van der Waals surface area contributed by atoms with Gasteiger partial charge in [0.25, 0.3) is 0 Å². The second kappa shape index (κ2) is 5.05. The summed E-state index contributed by atoms with van der Waals surface area (Å²) >= 11 is 0. The number of nitrogens with one attached hydrogen (secondary N) is 1. The minimum absolute atomic E-state index is 0.0599. The molecule has 10 heavy (non-hydrogen) atoms. The van der Waals surface area contributed by atoms with E-state index in [0.29, 0.717) is 6.42 Å². The Morgan fingerprint density at radius 3 is 2.80 bits per heavy atom. The van der Waals surface area contributed by atoms with Crippen LogP contribution in [0.3, 0.4) is 0 Å². The van der Waals surface area contributed by atoms with Gasteiger partial charge in [0.15, 0.2) is 0 Å². The van der Waals surface area contributed by atoms with Gasteiger partial charge in [-0.25, -0.2) is 4.79 Å². The maximum Gasteiger partial charge on any atom is 0.312 e. The third-order valence-electron chi connectivity index (χ3n) is 1.18. The molecular weight excluding hydrogens is 132 g/mol. The zero-order valence-electron chi connectivity index (χ0n) is 6.13. The number of rotatable bonds is 4. The van der Waals surface area contributed by atoms with E-state index in [1.54, 1.807) is 0 Å². The number of nitrogens with two attached hydrogens (primary N) is 1. The summed E-state index contributed by atoms with van der Waals surface area (Å²) in [6, 6.07) is -0.449. The van der Waals surface area contributed by atoms with Crippen LogP contribution in [0.25, 0.3) is 0 Å². The Labute approximate surface area is 60.4 Å². The lowest BCUT2D eigenvalue weighted by molar-refractivity contribution is 0.242. The molecule has 2 amide bonds. The Hall–Kier alpha value is -0.770. The first-order chi connectivity index (χ1) is 4.66. The number of carbonyl (C=O) groups is 1. The Kier molecular flexibility index (Phi) is 4.66. The van der Waals surface area contributed by atoms with Crippen LogP contribution in [0.2, 0.25) is 0 Å². The van der Waals surface area contributed by atoms with Crippen LogP contribution < -0.4 is 11.1 Å². The average molecular weight is 146 g/mol. The van der Waals surface area contributed by atoms with Crippen LogP contribution in [0.4, 0.5) is 4.79 Å². The Balaban J connectivity index is 3.25. The molecule has 4 N–H and O–H groups in total. The minimum Gasteiger partial charge on any atom is -0.396 e. The maximum atomic E-state index is 10.2. The minimum atomic E-state index is -0.509. The molecule has 0 rings (SSSR count). The molecule has 0 aromatic heterocycles. The fourth-order valence-electron chi connectivity index (χ4n) is 0.712. The van der Waals surface area contributed by atoms with Gasteiger partial charge < -0.3 is 16.2 Å². The van der Waals surface area contributed by atoms with Crippen molar-refractivity contribution in [2.75, 3.05) is 6.61 Å². The summed E-state index contributed by atoms with van der Waals surface area (Å²) in [5, 5.41) is 10.9. The molecule has 4 nitrogen and oxygen atoms in total. The molecule has 0 radical (unpaired) electrons. The highest BCUT2D eigenvalue weighted by Gasteiger charge is 2.01. The highest BCUT2D eigenvalue weighted by molar-refractivity contribution is 5.71. The van der Waals surface area contributed by atoms with E-state index in [0.717, 1.165) is 6.42 Å². The molecule has 0 aromatic carbocycles.